The zero-order valence-corrected chi connectivity index (χ0v) is 19.4. The second kappa shape index (κ2) is 10.0. The molecule has 172 valence electrons. The van der Waals surface area contributed by atoms with Gasteiger partial charge in [-0.2, -0.15) is 0 Å². The number of ketones is 1. The zero-order valence-electron chi connectivity index (χ0n) is 19.4. The number of piperazine rings is 1. The van der Waals surface area contributed by atoms with Crippen molar-refractivity contribution in [1.29, 1.82) is 0 Å². The van der Waals surface area contributed by atoms with Gasteiger partial charge in [0, 0.05) is 80.3 Å². The van der Waals surface area contributed by atoms with Crippen molar-refractivity contribution in [2.45, 2.75) is 32.1 Å². The molecule has 0 bridgehead atoms. The van der Waals surface area contributed by atoms with Crippen LogP contribution < -0.4 is 0 Å². The van der Waals surface area contributed by atoms with Crippen LogP contribution in [0.25, 0.3) is 22.2 Å². The molecule has 0 atom stereocenters. The second-order valence-electron chi connectivity index (χ2n) is 9.65. The summed E-state index contributed by atoms with van der Waals surface area (Å²) >= 11 is 0. The van der Waals surface area contributed by atoms with E-state index in [4.69, 9.17) is 0 Å². The molecule has 1 aliphatic carbocycles. The summed E-state index contributed by atoms with van der Waals surface area (Å²) in [6.07, 6.45) is 13.4. The van der Waals surface area contributed by atoms with Crippen molar-refractivity contribution in [1.82, 2.24) is 29.7 Å². The van der Waals surface area contributed by atoms with Crippen LogP contribution in [0.2, 0.25) is 0 Å². The van der Waals surface area contributed by atoms with Gasteiger partial charge in [-0.1, -0.05) is 0 Å². The van der Waals surface area contributed by atoms with Crippen LogP contribution in [0.5, 0.6) is 0 Å². The van der Waals surface area contributed by atoms with Gasteiger partial charge in [0.15, 0.2) is 0 Å². The third kappa shape index (κ3) is 5.42. The summed E-state index contributed by atoms with van der Waals surface area (Å²) in [6, 6.07) is 4.05. The first-order valence-corrected chi connectivity index (χ1v) is 12.1. The molecule has 0 amide bonds. The summed E-state index contributed by atoms with van der Waals surface area (Å²) < 4.78 is 0. The van der Waals surface area contributed by atoms with Gasteiger partial charge in [0.25, 0.3) is 0 Å². The predicted octanol–water partition coefficient (Wildman–Crippen LogP) is 3.25. The Morgan fingerprint density at radius 3 is 2.52 bits per heavy atom. The number of Topliss-reactive ketones (excluding diaryl/α,β-unsaturated/α-hetero) is 1. The van der Waals surface area contributed by atoms with Gasteiger partial charge in [0.05, 0.1) is 23.6 Å². The molecule has 3 aromatic rings. The van der Waals surface area contributed by atoms with Crippen molar-refractivity contribution in [3.8, 4) is 11.3 Å². The van der Waals surface area contributed by atoms with Crippen molar-refractivity contribution in [3.63, 3.8) is 0 Å². The monoisotopic (exact) mass is 444 g/mol. The molecular formula is C26H32N6O. The molecule has 3 aromatic heterocycles. The number of carbonyl (C=O) groups is 1. The van der Waals surface area contributed by atoms with Crippen molar-refractivity contribution in [3.05, 3.63) is 48.8 Å². The Kier molecular flexibility index (Phi) is 6.69. The highest BCUT2D eigenvalue weighted by Gasteiger charge is 2.28. The van der Waals surface area contributed by atoms with Crippen molar-refractivity contribution >= 4 is 16.7 Å². The van der Waals surface area contributed by atoms with Crippen LogP contribution in [0.15, 0.2) is 43.1 Å². The van der Waals surface area contributed by atoms with Crippen LogP contribution >= 0.6 is 0 Å². The van der Waals surface area contributed by atoms with Crippen LogP contribution in [-0.2, 0) is 11.2 Å². The minimum absolute atomic E-state index is 0.176. The lowest BCUT2D eigenvalue weighted by molar-refractivity contribution is -0.123. The van der Waals surface area contributed by atoms with Gasteiger partial charge < -0.3 is 9.80 Å². The minimum Gasteiger partial charge on any atom is -0.304 e. The maximum absolute atomic E-state index is 13.0. The Labute approximate surface area is 195 Å². The Balaban J connectivity index is 1.18. The van der Waals surface area contributed by atoms with E-state index in [0.717, 1.165) is 46.6 Å². The van der Waals surface area contributed by atoms with E-state index >= 15 is 0 Å². The molecule has 0 spiro atoms. The molecule has 0 radical (unpaired) electrons. The quantitative estimate of drug-likeness (QED) is 0.578. The van der Waals surface area contributed by atoms with E-state index in [0.29, 0.717) is 12.2 Å². The molecule has 7 nitrogen and oxygen atoms in total. The number of rotatable bonds is 6. The van der Waals surface area contributed by atoms with Crippen LogP contribution in [0.1, 0.15) is 31.4 Å². The molecule has 0 unspecified atom stereocenters. The zero-order chi connectivity index (χ0) is 22.6. The van der Waals surface area contributed by atoms with Crippen LogP contribution in [0.3, 0.4) is 0 Å². The van der Waals surface area contributed by atoms with E-state index < -0.39 is 0 Å². The largest absolute Gasteiger partial charge is 0.304 e. The van der Waals surface area contributed by atoms with Gasteiger partial charge in [-0.3, -0.25) is 24.7 Å². The van der Waals surface area contributed by atoms with Crippen molar-refractivity contribution in [2.24, 2.45) is 11.8 Å². The fourth-order valence-electron chi connectivity index (χ4n) is 5.15. The average molecular weight is 445 g/mol. The number of nitrogens with zero attached hydrogens (tertiary/aromatic N) is 6. The highest BCUT2D eigenvalue weighted by molar-refractivity contribution is 5.86. The molecule has 5 rings (SSSR count). The maximum atomic E-state index is 13.0. The fourth-order valence-corrected chi connectivity index (χ4v) is 5.15. The molecule has 2 fully saturated rings. The second-order valence-corrected chi connectivity index (χ2v) is 9.65. The smallest absolute Gasteiger partial charge is 0.141 e. The summed E-state index contributed by atoms with van der Waals surface area (Å²) in [5.74, 6) is 1.25. The summed E-state index contributed by atoms with van der Waals surface area (Å²) in [7, 11) is 2.20. The lowest BCUT2D eigenvalue weighted by Gasteiger charge is -2.36. The number of likely N-dealkylation sites (N-methyl/N-ethyl adjacent to an activating group) is 1. The first-order chi connectivity index (χ1) is 16.1. The molecule has 1 saturated carbocycles. The third-order valence-corrected chi connectivity index (χ3v) is 7.25. The van der Waals surface area contributed by atoms with Crippen LogP contribution in [-0.4, -0.2) is 75.3 Å². The van der Waals surface area contributed by atoms with E-state index in [1.54, 1.807) is 31.0 Å². The number of hydrogen-bond acceptors (Lipinski definition) is 7. The highest BCUT2D eigenvalue weighted by atomic mass is 16.1. The Morgan fingerprint density at radius 1 is 0.939 bits per heavy atom. The van der Waals surface area contributed by atoms with E-state index in [2.05, 4.69) is 36.8 Å². The molecule has 33 heavy (non-hydrogen) atoms. The number of hydrogen-bond donors (Lipinski definition) is 0. The summed E-state index contributed by atoms with van der Waals surface area (Å²) in [5.41, 5.74) is 3.35. The molecule has 2 aliphatic rings. The topological polar surface area (TPSA) is 75.1 Å². The van der Waals surface area contributed by atoms with Crippen molar-refractivity contribution in [2.75, 3.05) is 39.8 Å². The summed E-state index contributed by atoms with van der Waals surface area (Å²) in [6.45, 7) is 5.89. The summed E-state index contributed by atoms with van der Waals surface area (Å²) in [4.78, 5) is 35.6. The maximum Gasteiger partial charge on any atom is 0.141 e. The normalized spacial score (nSPS) is 22.5. The lowest BCUT2D eigenvalue weighted by Crippen LogP contribution is -2.46. The van der Waals surface area contributed by atoms with E-state index in [-0.39, 0.29) is 5.92 Å². The lowest BCUT2D eigenvalue weighted by atomic mass is 9.79. The van der Waals surface area contributed by atoms with Gasteiger partial charge in [0.2, 0.25) is 0 Å². The number of aromatic nitrogens is 4. The Morgan fingerprint density at radius 2 is 1.76 bits per heavy atom. The van der Waals surface area contributed by atoms with Gasteiger partial charge >= 0.3 is 0 Å². The highest BCUT2D eigenvalue weighted by Crippen LogP contribution is 2.31. The standard InChI is InChI=1S/C26H32N6O/c1-31-8-10-32(11-9-31)18-19-2-4-20(5-3-19)26(33)14-23-13-21-12-22(15-30-25(21)17-29-23)24-16-27-6-7-28-24/h6-7,12-13,15-17,19-20H,2-5,8-11,14,18H2,1H3. The van der Waals surface area contributed by atoms with Crippen LogP contribution in [0, 0.1) is 11.8 Å². The predicted molar refractivity (Wildman–Crippen MR) is 129 cm³/mol. The molecule has 1 aliphatic heterocycles. The van der Waals surface area contributed by atoms with E-state index in [9.17, 15) is 4.79 Å². The van der Waals surface area contributed by atoms with Gasteiger partial charge in [-0.15, -0.1) is 0 Å². The number of pyridine rings is 2. The van der Waals surface area contributed by atoms with Gasteiger partial charge in [0.1, 0.15) is 5.78 Å². The van der Waals surface area contributed by atoms with Gasteiger partial charge in [-0.25, -0.2) is 0 Å². The molecule has 1 saturated heterocycles. The first kappa shape index (κ1) is 22.0. The van der Waals surface area contributed by atoms with E-state index in [1.165, 1.54) is 45.6 Å². The van der Waals surface area contributed by atoms with E-state index in [1.807, 2.05) is 12.1 Å². The number of carbonyl (C=O) groups excluding carboxylic acids is 1. The van der Waals surface area contributed by atoms with Crippen molar-refractivity contribution < 1.29 is 4.79 Å². The first-order valence-electron chi connectivity index (χ1n) is 12.1. The average Bonchev–Trinajstić information content (AvgIpc) is 2.86. The molecular weight excluding hydrogens is 412 g/mol. The molecule has 0 aromatic carbocycles. The SMILES string of the molecule is CN1CCN(CC2CCC(C(=O)Cc3cc4cc(-c5cnccn5)cnc4cn3)CC2)CC1. The molecule has 4 heterocycles. The minimum atomic E-state index is 0.176. The number of fused-ring (bicyclic) bond motifs is 1. The summed E-state index contributed by atoms with van der Waals surface area (Å²) in [5, 5.41) is 0.979. The molecule has 7 heteroatoms. The fraction of sp³-hybridized carbons (Fsp3) is 0.500. The molecule has 0 N–H and O–H groups in total. The third-order valence-electron chi connectivity index (χ3n) is 7.25. The Bertz CT molecular complexity index is 1090. The Hall–Kier alpha value is -2.77. The van der Waals surface area contributed by atoms with Gasteiger partial charge in [-0.05, 0) is 50.8 Å². The van der Waals surface area contributed by atoms with Crippen LogP contribution in [0.4, 0.5) is 0 Å².